The molecule has 4 rings (SSSR count). The van der Waals surface area contributed by atoms with Crippen LogP contribution in [-0.2, 0) is 4.65 Å². The molecule has 24 heavy (non-hydrogen) atoms. The molecule has 0 saturated heterocycles. The lowest BCUT2D eigenvalue weighted by molar-refractivity contribution is 0.287. The van der Waals surface area contributed by atoms with Gasteiger partial charge >= 0.3 is 7.12 Å². The van der Waals surface area contributed by atoms with Crippen LogP contribution in [0.2, 0.25) is 0 Å². The van der Waals surface area contributed by atoms with Crippen molar-refractivity contribution in [2.24, 2.45) is 0 Å². The second-order valence-electron chi connectivity index (χ2n) is 5.77. The first-order valence-corrected chi connectivity index (χ1v) is 8.18. The van der Waals surface area contributed by atoms with Gasteiger partial charge in [-0.25, -0.2) is 0 Å². The van der Waals surface area contributed by atoms with Crippen molar-refractivity contribution in [1.29, 1.82) is 0 Å². The van der Waals surface area contributed by atoms with Gasteiger partial charge in [0, 0.05) is 23.1 Å². The predicted octanol–water partition coefficient (Wildman–Crippen LogP) is 3.51. The van der Waals surface area contributed by atoms with Crippen LogP contribution in [0, 0.1) is 0 Å². The van der Waals surface area contributed by atoms with Crippen molar-refractivity contribution in [1.82, 2.24) is 4.57 Å². The van der Waals surface area contributed by atoms with Crippen LogP contribution >= 0.6 is 0 Å². The molecule has 0 amide bonds. The van der Waals surface area contributed by atoms with Crippen LogP contribution in [0.1, 0.15) is 6.92 Å². The highest BCUT2D eigenvalue weighted by atomic mass is 16.5. The minimum atomic E-state index is -0.900. The summed E-state index contributed by atoms with van der Waals surface area (Å²) in [4.78, 5) is 0. The first-order chi connectivity index (χ1) is 11.8. The van der Waals surface area contributed by atoms with E-state index in [-0.39, 0.29) is 0 Å². The molecule has 1 aromatic heterocycles. The lowest BCUT2D eigenvalue weighted by Gasteiger charge is -2.11. The highest BCUT2D eigenvalue weighted by Crippen LogP contribution is 2.31. The molecule has 4 heteroatoms. The van der Waals surface area contributed by atoms with Crippen molar-refractivity contribution in [3.05, 3.63) is 72.8 Å². The molecule has 0 saturated carbocycles. The molecule has 0 spiro atoms. The quantitative estimate of drug-likeness (QED) is 0.585. The summed E-state index contributed by atoms with van der Waals surface area (Å²) >= 11 is 0. The Balaban J connectivity index is 1.97. The van der Waals surface area contributed by atoms with Crippen molar-refractivity contribution < 1.29 is 9.68 Å². The fourth-order valence-electron chi connectivity index (χ4n) is 3.27. The maximum atomic E-state index is 10.1. The van der Waals surface area contributed by atoms with Crippen LogP contribution in [0.15, 0.2) is 72.8 Å². The molecule has 3 nitrogen and oxygen atoms in total. The van der Waals surface area contributed by atoms with E-state index in [0.29, 0.717) is 6.61 Å². The molecule has 1 heterocycles. The van der Waals surface area contributed by atoms with E-state index in [1.54, 1.807) is 0 Å². The van der Waals surface area contributed by atoms with Crippen molar-refractivity contribution in [3.8, 4) is 5.69 Å². The van der Waals surface area contributed by atoms with Crippen LogP contribution in [0.4, 0.5) is 0 Å². The molecule has 1 N–H and O–H groups in total. The monoisotopic (exact) mass is 315 g/mol. The van der Waals surface area contributed by atoms with Gasteiger partial charge in [-0.1, -0.05) is 48.5 Å². The zero-order valence-electron chi connectivity index (χ0n) is 13.5. The molecule has 4 aromatic rings. The topological polar surface area (TPSA) is 34.4 Å². The highest BCUT2D eigenvalue weighted by Gasteiger charge is 2.17. The lowest BCUT2D eigenvalue weighted by Crippen LogP contribution is -2.33. The largest absolute Gasteiger partial charge is 0.491 e. The number of aromatic nitrogens is 1. The first kappa shape index (κ1) is 15.0. The van der Waals surface area contributed by atoms with Gasteiger partial charge in [-0.2, -0.15) is 0 Å². The van der Waals surface area contributed by atoms with Gasteiger partial charge in [0.05, 0.1) is 11.0 Å². The van der Waals surface area contributed by atoms with E-state index in [9.17, 15) is 5.02 Å². The molecule has 3 aromatic carbocycles. The fourth-order valence-corrected chi connectivity index (χ4v) is 3.27. The molecule has 0 aliphatic heterocycles. The predicted molar refractivity (Wildman–Crippen MR) is 100 cm³/mol. The van der Waals surface area contributed by atoms with E-state index >= 15 is 0 Å². The second-order valence-corrected chi connectivity index (χ2v) is 5.77. The van der Waals surface area contributed by atoms with E-state index in [1.165, 1.54) is 10.8 Å². The second kappa shape index (κ2) is 6.15. The number of benzene rings is 3. The van der Waals surface area contributed by atoms with Crippen molar-refractivity contribution >= 4 is 34.4 Å². The third kappa shape index (κ3) is 2.41. The molecule has 0 fully saturated rings. The van der Waals surface area contributed by atoms with Gasteiger partial charge in [0.25, 0.3) is 0 Å². The number of hydrogen-bond acceptors (Lipinski definition) is 2. The number of hydrogen-bond donors (Lipinski definition) is 1. The van der Waals surface area contributed by atoms with E-state index in [4.69, 9.17) is 4.65 Å². The number of fused-ring (bicyclic) bond motifs is 3. The molecular weight excluding hydrogens is 297 g/mol. The van der Waals surface area contributed by atoms with Crippen LogP contribution in [0.5, 0.6) is 0 Å². The van der Waals surface area contributed by atoms with Gasteiger partial charge in [0.1, 0.15) is 0 Å². The first-order valence-electron chi connectivity index (χ1n) is 8.18. The Labute approximate surface area is 141 Å². The SMILES string of the molecule is CCOB(O)c1cccc(-n2c3ccccc3c3ccccc32)c1. The third-order valence-electron chi connectivity index (χ3n) is 4.32. The Bertz CT molecular complexity index is 956. The summed E-state index contributed by atoms with van der Waals surface area (Å²) in [6, 6.07) is 24.7. The van der Waals surface area contributed by atoms with Crippen molar-refractivity contribution in [2.75, 3.05) is 6.61 Å². The van der Waals surface area contributed by atoms with Crippen molar-refractivity contribution in [3.63, 3.8) is 0 Å². The normalized spacial score (nSPS) is 11.2. The fraction of sp³-hybridized carbons (Fsp3) is 0.100. The van der Waals surface area contributed by atoms with Crippen LogP contribution in [0.3, 0.4) is 0 Å². The van der Waals surface area contributed by atoms with Gasteiger partial charge in [-0.3, -0.25) is 0 Å². The van der Waals surface area contributed by atoms with Gasteiger partial charge < -0.3 is 14.2 Å². The molecule has 0 atom stereocenters. The Kier molecular flexibility index (Phi) is 3.85. The Hall–Kier alpha value is -2.56. The molecule has 0 aliphatic rings. The van der Waals surface area contributed by atoms with E-state index in [2.05, 4.69) is 59.2 Å². The summed E-state index contributed by atoms with van der Waals surface area (Å²) in [7, 11) is -0.900. The summed E-state index contributed by atoms with van der Waals surface area (Å²) in [6.07, 6.45) is 0. The smallest absolute Gasteiger partial charge is 0.423 e. The zero-order chi connectivity index (χ0) is 16.5. The zero-order valence-corrected chi connectivity index (χ0v) is 13.5. The summed E-state index contributed by atoms with van der Waals surface area (Å²) in [6.45, 7) is 2.35. The minimum Gasteiger partial charge on any atom is -0.423 e. The summed E-state index contributed by atoms with van der Waals surface area (Å²) in [5, 5.41) is 12.6. The molecular formula is C20H18BNO2. The van der Waals surface area contributed by atoms with E-state index < -0.39 is 7.12 Å². The minimum absolute atomic E-state index is 0.473. The lowest BCUT2D eigenvalue weighted by atomic mass is 9.79. The summed E-state index contributed by atoms with van der Waals surface area (Å²) < 4.78 is 7.55. The number of nitrogens with zero attached hydrogens (tertiary/aromatic N) is 1. The molecule has 118 valence electrons. The molecule has 0 aliphatic carbocycles. The van der Waals surface area contributed by atoms with Crippen molar-refractivity contribution in [2.45, 2.75) is 6.92 Å². The molecule has 0 radical (unpaired) electrons. The summed E-state index contributed by atoms with van der Waals surface area (Å²) in [5.41, 5.74) is 4.09. The van der Waals surface area contributed by atoms with E-state index in [1.807, 2.05) is 25.1 Å². The van der Waals surface area contributed by atoms with Crippen LogP contribution < -0.4 is 5.46 Å². The average molecular weight is 315 g/mol. The Morgan fingerprint density at radius 2 is 1.50 bits per heavy atom. The maximum Gasteiger partial charge on any atom is 0.491 e. The standard InChI is InChI=1S/C20H18BNO2/c1-2-24-21(23)15-8-7-9-16(14-15)22-19-12-5-3-10-17(19)18-11-4-6-13-20(18)22/h3-14,23H,2H2,1H3. The van der Waals surface area contributed by atoms with Gasteiger partial charge in [0.15, 0.2) is 0 Å². The van der Waals surface area contributed by atoms with E-state index in [0.717, 1.165) is 22.2 Å². The van der Waals surface area contributed by atoms with Gasteiger partial charge in [0.2, 0.25) is 0 Å². The number of para-hydroxylation sites is 2. The number of rotatable bonds is 4. The Morgan fingerprint density at radius 1 is 0.875 bits per heavy atom. The van der Waals surface area contributed by atoms with Crippen LogP contribution in [0.25, 0.3) is 27.5 Å². The maximum absolute atomic E-state index is 10.1. The Morgan fingerprint density at radius 3 is 2.12 bits per heavy atom. The average Bonchev–Trinajstić information content (AvgIpc) is 2.97. The van der Waals surface area contributed by atoms with Gasteiger partial charge in [-0.15, -0.1) is 0 Å². The molecule has 0 unspecified atom stereocenters. The summed E-state index contributed by atoms with van der Waals surface area (Å²) in [5.74, 6) is 0. The highest BCUT2D eigenvalue weighted by molar-refractivity contribution is 6.60. The third-order valence-corrected chi connectivity index (χ3v) is 4.32. The molecule has 0 bridgehead atoms. The van der Waals surface area contributed by atoms with Crippen LogP contribution in [-0.4, -0.2) is 23.3 Å². The van der Waals surface area contributed by atoms with Gasteiger partial charge in [-0.05, 0) is 36.7 Å².